The highest BCUT2D eigenvalue weighted by Crippen LogP contribution is 2.35. The van der Waals surface area contributed by atoms with E-state index in [1.165, 1.54) is 6.33 Å². The topological polar surface area (TPSA) is 68.3 Å². The van der Waals surface area contributed by atoms with E-state index in [0.717, 1.165) is 10.2 Å². The fourth-order valence-electron chi connectivity index (χ4n) is 1.74. The molecule has 0 radical (unpaired) electrons. The molecule has 1 heterocycles. The third-order valence-corrected chi connectivity index (χ3v) is 3.15. The molecule has 1 aromatic heterocycles. The van der Waals surface area contributed by atoms with E-state index in [9.17, 15) is 0 Å². The van der Waals surface area contributed by atoms with Crippen LogP contribution >= 0.6 is 15.9 Å². The van der Waals surface area contributed by atoms with E-state index in [-0.39, 0.29) is 0 Å². The summed E-state index contributed by atoms with van der Waals surface area (Å²) in [6.45, 7) is 0. The lowest BCUT2D eigenvalue weighted by Gasteiger charge is -2.14. The van der Waals surface area contributed by atoms with Crippen molar-refractivity contribution in [2.45, 2.75) is 0 Å². The number of anilines is 3. The first-order chi connectivity index (χ1) is 9.69. The van der Waals surface area contributed by atoms with Gasteiger partial charge in [0.05, 0.1) is 19.9 Å². The van der Waals surface area contributed by atoms with E-state index in [2.05, 4.69) is 36.5 Å². The molecule has 2 N–H and O–H groups in total. The van der Waals surface area contributed by atoms with Gasteiger partial charge in [0.2, 0.25) is 5.75 Å². The van der Waals surface area contributed by atoms with E-state index in [1.807, 2.05) is 18.2 Å². The third-order valence-electron chi connectivity index (χ3n) is 2.66. The van der Waals surface area contributed by atoms with Crippen LogP contribution in [-0.2, 0) is 0 Å². The van der Waals surface area contributed by atoms with Crippen molar-refractivity contribution in [3.05, 3.63) is 29.0 Å². The van der Waals surface area contributed by atoms with Crippen LogP contribution in [0.3, 0.4) is 0 Å². The fraction of sp³-hybridized carbons (Fsp3) is 0.231. The molecule has 0 aliphatic carbocycles. The van der Waals surface area contributed by atoms with E-state index >= 15 is 0 Å². The molecule has 0 aliphatic rings. The first-order valence-corrected chi connectivity index (χ1v) is 6.66. The summed E-state index contributed by atoms with van der Waals surface area (Å²) in [6.07, 6.45) is 1.46. The highest BCUT2D eigenvalue weighted by Gasteiger charge is 2.13. The minimum Gasteiger partial charge on any atom is -0.495 e. The van der Waals surface area contributed by atoms with Crippen LogP contribution in [0.25, 0.3) is 0 Å². The Kier molecular flexibility index (Phi) is 4.62. The molecular formula is C13H15BrN4O2. The lowest BCUT2D eigenvalue weighted by Crippen LogP contribution is -2.04. The molecule has 7 heteroatoms. The van der Waals surface area contributed by atoms with E-state index in [0.29, 0.717) is 23.1 Å². The quantitative estimate of drug-likeness (QED) is 0.873. The largest absolute Gasteiger partial charge is 0.495 e. The zero-order chi connectivity index (χ0) is 14.5. The molecule has 0 unspecified atom stereocenters. The molecule has 0 spiro atoms. The highest BCUT2D eigenvalue weighted by atomic mass is 79.9. The van der Waals surface area contributed by atoms with E-state index in [1.54, 1.807) is 21.3 Å². The van der Waals surface area contributed by atoms with Crippen LogP contribution in [0.15, 0.2) is 29.0 Å². The van der Waals surface area contributed by atoms with E-state index in [4.69, 9.17) is 9.47 Å². The van der Waals surface area contributed by atoms with Gasteiger partial charge in [0.15, 0.2) is 11.6 Å². The SMILES string of the molecule is CNc1ncnc(Nc2cc(Br)ccc2OC)c1OC. The fourth-order valence-corrected chi connectivity index (χ4v) is 2.10. The van der Waals surface area contributed by atoms with Crippen molar-refractivity contribution < 1.29 is 9.47 Å². The maximum Gasteiger partial charge on any atom is 0.204 e. The number of nitrogens with one attached hydrogen (secondary N) is 2. The lowest BCUT2D eigenvalue weighted by atomic mass is 10.3. The van der Waals surface area contributed by atoms with Crippen molar-refractivity contribution in [2.24, 2.45) is 0 Å². The molecule has 0 saturated carbocycles. The molecular weight excluding hydrogens is 324 g/mol. The number of methoxy groups -OCH3 is 2. The summed E-state index contributed by atoms with van der Waals surface area (Å²) < 4.78 is 11.6. The van der Waals surface area contributed by atoms with Gasteiger partial charge in [-0.15, -0.1) is 0 Å². The summed E-state index contributed by atoms with van der Waals surface area (Å²) in [5, 5.41) is 6.14. The van der Waals surface area contributed by atoms with Crippen molar-refractivity contribution >= 4 is 33.3 Å². The first kappa shape index (κ1) is 14.4. The smallest absolute Gasteiger partial charge is 0.204 e. The molecule has 20 heavy (non-hydrogen) atoms. The predicted octanol–water partition coefficient (Wildman–Crippen LogP) is 3.04. The van der Waals surface area contributed by atoms with Crippen LogP contribution in [0.2, 0.25) is 0 Å². The highest BCUT2D eigenvalue weighted by molar-refractivity contribution is 9.10. The van der Waals surface area contributed by atoms with Crippen LogP contribution in [0.1, 0.15) is 0 Å². The summed E-state index contributed by atoms with van der Waals surface area (Å²) in [5.41, 5.74) is 0.779. The number of aromatic nitrogens is 2. The number of ether oxygens (including phenoxy) is 2. The maximum absolute atomic E-state index is 5.34. The minimum absolute atomic E-state index is 0.539. The van der Waals surface area contributed by atoms with Gasteiger partial charge in [0.1, 0.15) is 12.1 Å². The Labute approximate surface area is 125 Å². The summed E-state index contributed by atoms with van der Waals surface area (Å²) in [6, 6.07) is 5.67. The van der Waals surface area contributed by atoms with Crippen molar-refractivity contribution in [2.75, 3.05) is 31.9 Å². The molecule has 0 amide bonds. The Balaban J connectivity index is 2.42. The van der Waals surface area contributed by atoms with Crippen molar-refractivity contribution in [1.82, 2.24) is 9.97 Å². The normalized spacial score (nSPS) is 10.0. The number of hydrogen-bond acceptors (Lipinski definition) is 6. The summed E-state index contributed by atoms with van der Waals surface area (Å²) >= 11 is 3.43. The van der Waals surface area contributed by atoms with Crippen LogP contribution in [0, 0.1) is 0 Å². The van der Waals surface area contributed by atoms with Gasteiger partial charge < -0.3 is 20.1 Å². The van der Waals surface area contributed by atoms with Gasteiger partial charge in [-0.25, -0.2) is 9.97 Å². The number of halogens is 1. The van der Waals surface area contributed by atoms with Gasteiger partial charge in [0, 0.05) is 11.5 Å². The number of rotatable bonds is 5. The van der Waals surface area contributed by atoms with Gasteiger partial charge in [-0.2, -0.15) is 0 Å². The van der Waals surface area contributed by atoms with Gasteiger partial charge in [-0.1, -0.05) is 15.9 Å². The molecule has 1 aromatic carbocycles. The number of hydrogen-bond donors (Lipinski definition) is 2. The van der Waals surface area contributed by atoms with Gasteiger partial charge in [0.25, 0.3) is 0 Å². The Morgan fingerprint density at radius 2 is 1.85 bits per heavy atom. The molecule has 2 rings (SSSR count). The summed E-state index contributed by atoms with van der Waals surface area (Å²) in [4.78, 5) is 8.30. The zero-order valence-corrected chi connectivity index (χ0v) is 13.0. The zero-order valence-electron chi connectivity index (χ0n) is 11.4. The average Bonchev–Trinajstić information content (AvgIpc) is 2.47. The Morgan fingerprint density at radius 1 is 1.10 bits per heavy atom. The molecule has 6 nitrogen and oxygen atoms in total. The second-order valence-corrected chi connectivity index (χ2v) is 4.74. The lowest BCUT2D eigenvalue weighted by molar-refractivity contribution is 0.413. The summed E-state index contributed by atoms with van der Waals surface area (Å²) in [7, 11) is 4.96. The third kappa shape index (κ3) is 2.93. The van der Waals surface area contributed by atoms with Crippen molar-refractivity contribution in [3.8, 4) is 11.5 Å². The van der Waals surface area contributed by atoms with Crippen molar-refractivity contribution in [1.29, 1.82) is 0 Å². The average molecular weight is 339 g/mol. The standard InChI is InChI=1S/C13H15BrN4O2/c1-15-12-11(20-3)13(17-7-16-12)18-9-6-8(14)4-5-10(9)19-2/h4-7H,1-3H3,(H2,15,16,17,18). The van der Waals surface area contributed by atoms with Crippen LogP contribution in [-0.4, -0.2) is 31.2 Å². The molecule has 106 valence electrons. The van der Waals surface area contributed by atoms with Crippen LogP contribution in [0.5, 0.6) is 11.5 Å². The number of nitrogens with zero attached hydrogens (tertiary/aromatic N) is 2. The predicted molar refractivity (Wildman–Crippen MR) is 82.1 cm³/mol. The minimum atomic E-state index is 0.539. The molecule has 2 aromatic rings. The Bertz CT molecular complexity index is 607. The van der Waals surface area contributed by atoms with Gasteiger partial charge >= 0.3 is 0 Å². The second kappa shape index (κ2) is 6.42. The maximum atomic E-state index is 5.34. The summed E-state index contributed by atoms with van der Waals surface area (Å²) in [5.74, 6) is 2.42. The first-order valence-electron chi connectivity index (χ1n) is 5.87. The monoisotopic (exact) mass is 338 g/mol. The molecule has 0 fully saturated rings. The molecule has 0 bridgehead atoms. The van der Waals surface area contributed by atoms with Crippen LogP contribution in [0.4, 0.5) is 17.3 Å². The van der Waals surface area contributed by atoms with E-state index < -0.39 is 0 Å². The van der Waals surface area contributed by atoms with Crippen LogP contribution < -0.4 is 20.1 Å². The molecule has 0 saturated heterocycles. The van der Waals surface area contributed by atoms with Crippen molar-refractivity contribution in [3.63, 3.8) is 0 Å². The Morgan fingerprint density at radius 3 is 2.50 bits per heavy atom. The van der Waals surface area contributed by atoms with Gasteiger partial charge in [-0.05, 0) is 18.2 Å². The molecule has 0 atom stereocenters. The Hall–Kier alpha value is -2.02. The molecule has 0 aliphatic heterocycles. The number of benzene rings is 1. The van der Waals surface area contributed by atoms with Gasteiger partial charge in [-0.3, -0.25) is 0 Å². The second-order valence-electron chi connectivity index (χ2n) is 3.82.